The molecule has 0 radical (unpaired) electrons. The summed E-state index contributed by atoms with van der Waals surface area (Å²) in [5, 5.41) is 0. The third-order valence-electron chi connectivity index (χ3n) is 6.22. The van der Waals surface area contributed by atoms with Crippen LogP contribution in [0, 0.1) is 0 Å². The van der Waals surface area contributed by atoms with Crippen molar-refractivity contribution >= 4 is 18.1 Å². The predicted molar refractivity (Wildman–Crippen MR) is 114 cm³/mol. The van der Waals surface area contributed by atoms with Crippen molar-refractivity contribution < 1.29 is 32.3 Å². The van der Waals surface area contributed by atoms with E-state index in [0.717, 1.165) is 23.3 Å². The zero-order valence-corrected chi connectivity index (χ0v) is 18.2. The molecule has 4 rings (SSSR count). The first-order chi connectivity index (χ1) is 16.2. The molecule has 2 heterocycles. The van der Waals surface area contributed by atoms with Crippen LogP contribution in [0.5, 0.6) is 0 Å². The van der Waals surface area contributed by atoms with Crippen molar-refractivity contribution in [2.75, 3.05) is 19.6 Å². The fourth-order valence-corrected chi connectivity index (χ4v) is 4.33. The number of hydrogen-bond acceptors (Lipinski definition) is 5. The number of rotatable bonds is 5. The molecule has 2 saturated heterocycles. The molecule has 178 valence electrons. The van der Waals surface area contributed by atoms with E-state index in [0.29, 0.717) is 45.6 Å². The predicted octanol–water partition coefficient (Wildman–Crippen LogP) is 4.17. The summed E-state index contributed by atoms with van der Waals surface area (Å²) in [7, 11) is 0. The zero-order valence-electron chi connectivity index (χ0n) is 18.2. The standard InChI is InChI=1S/C24H22F3N3O4/c25-24(26,27)20-7-3-17(4-8-20)13-29-11-9-23(10-12-29)15-30(22(33)34-23)14-18-1-5-19(6-2-18)21(32)28-16-31/h1-8H,9-15H2. The number of nitrogens with zero attached hydrogens (tertiary/aromatic N) is 3. The van der Waals surface area contributed by atoms with Crippen molar-refractivity contribution in [2.24, 2.45) is 4.99 Å². The lowest BCUT2D eigenvalue weighted by Crippen LogP contribution is -2.46. The van der Waals surface area contributed by atoms with Gasteiger partial charge in [-0.3, -0.25) is 14.6 Å². The zero-order chi connectivity index (χ0) is 24.3. The van der Waals surface area contributed by atoms with E-state index in [2.05, 4.69) is 9.89 Å². The molecule has 7 nitrogen and oxygen atoms in total. The second kappa shape index (κ2) is 9.40. The third kappa shape index (κ3) is 5.35. The molecule has 0 saturated carbocycles. The van der Waals surface area contributed by atoms with Gasteiger partial charge in [0.15, 0.2) is 0 Å². The number of benzene rings is 2. The molecular formula is C24H22F3N3O4. The van der Waals surface area contributed by atoms with E-state index < -0.39 is 29.3 Å². The minimum atomic E-state index is -4.35. The smallest absolute Gasteiger partial charge is 0.416 e. The van der Waals surface area contributed by atoms with Gasteiger partial charge in [-0.25, -0.2) is 9.59 Å². The summed E-state index contributed by atoms with van der Waals surface area (Å²) < 4.78 is 44.0. The topological polar surface area (TPSA) is 79.3 Å². The molecule has 2 aromatic carbocycles. The molecule has 2 aliphatic heterocycles. The van der Waals surface area contributed by atoms with E-state index in [1.807, 2.05) is 0 Å². The van der Waals surface area contributed by atoms with Crippen molar-refractivity contribution in [3.05, 3.63) is 70.8 Å². The van der Waals surface area contributed by atoms with Gasteiger partial charge in [-0.1, -0.05) is 24.3 Å². The number of halogens is 3. The van der Waals surface area contributed by atoms with Crippen LogP contribution >= 0.6 is 0 Å². The van der Waals surface area contributed by atoms with Crippen LogP contribution in [-0.2, 0) is 28.8 Å². The summed E-state index contributed by atoms with van der Waals surface area (Å²) in [4.78, 5) is 41.1. The number of hydrogen-bond donors (Lipinski definition) is 0. The summed E-state index contributed by atoms with van der Waals surface area (Å²) in [5.74, 6) is -0.677. The Morgan fingerprint density at radius 2 is 1.59 bits per heavy atom. The molecule has 0 N–H and O–H groups in total. The molecule has 2 aliphatic rings. The quantitative estimate of drug-likeness (QED) is 0.481. The highest BCUT2D eigenvalue weighted by atomic mass is 19.4. The second-order valence-corrected chi connectivity index (χ2v) is 8.58. The summed E-state index contributed by atoms with van der Waals surface area (Å²) in [6, 6.07) is 11.6. The Morgan fingerprint density at radius 3 is 2.18 bits per heavy atom. The van der Waals surface area contributed by atoms with Gasteiger partial charge in [0.25, 0.3) is 5.91 Å². The fourth-order valence-electron chi connectivity index (χ4n) is 4.33. The Labute approximate surface area is 193 Å². The van der Waals surface area contributed by atoms with Gasteiger partial charge in [-0.2, -0.15) is 13.2 Å². The Hall–Kier alpha value is -3.49. The molecule has 1 spiro atoms. The van der Waals surface area contributed by atoms with Gasteiger partial charge in [-0.15, -0.1) is 4.99 Å². The van der Waals surface area contributed by atoms with Gasteiger partial charge >= 0.3 is 12.3 Å². The number of aliphatic imine (C=N–C) groups is 1. The SMILES string of the molecule is O=C=NC(=O)c1ccc(CN2CC3(CCN(Cc4ccc(C(F)(F)F)cc4)CC3)OC2=O)cc1. The van der Waals surface area contributed by atoms with Crippen molar-refractivity contribution in [2.45, 2.75) is 37.7 Å². The van der Waals surface area contributed by atoms with Gasteiger partial charge in [0.05, 0.1) is 12.1 Å². The Morgan fingerprint density at radius 1 is 1.00 bits per heavy atom. The first-order valence-corrected chi connectivity index (χ1v) is 10.8. The van der Waals surface area contributed by atoms with E-state index in [1.54, 1.807) is 17.0 Å². The lowest BCUT2D eigenvalue weighted by Gasteiger charge is -2.37. The third-order valence-corrected chi connectivity index (χ3v) is 6.22. The first kappa shape index (κ1) is 23.7. The van der Waals surface area contributed by atoms with Crippen LogP contribution in [0.4, 0.5) is 18.0 Å². The number of carbonyl (C=O) groups is 2. The maximum Gasteiger partial charge on any atom is 0.416 e. The number of ether oxygens (including phenoxy) is 1. The van der Waals surface area contributed by atoms with Gasteiger partial charge in [0.1, 0.15) is 5.60 Å². The molecule has 34 heavy (non-hydrogen) atoms. The van der Waals surface area contributed by atoms with Crippen LogP contribution in [0.3, 0.4) is 0 Å². The summed E-state index contributed by atoms with van der Waals surface area (Å²) >= 11 is 0. The van der Waals surface area contributed by atoms with Crippen LogP contribution in [0.15, 0.2) is 53.5 Å². The van der Waals surface area contributed by atoms with Crippen LogP contribution in [-0.4, -0.2) is 53.1 Å². The van der Waals surface area contributed by atoms with Crippen molar-refractivity contribution in [1.82, 2.24) is 9.80 Å². The Kier molecular flexibility index (Phi) is 6.54. The van der Waals surface area contributed by atoms with Crippen molar-refractivity contribution in [1.29, 1.82) is 0 Å². The number of isocyanates is 1. The van der Waals surface area contributed by atoms with Crippen LogP contribution in [0.25, 0.3) is 0 Å². The van der Waals surface area contributed by atoms with E-state index in [4.69, 9.17) is 4.74 Å². The number of likely N-dealkylation sites (tertiary alicyclic amines) is 1. The molecule has 0 unspecified atom stereocenters. The van der Waals surface area contributed by atoms with Crippen molar-refractivity contribution in [3.8, 4) is 0 Å². The highest BCUT2D eigenvalue weighted by Crippen LogP contribution is 2.35. The highest BCUT2D eigenvalue weighted by molar-refractivity contribution is 5.97. The normalized spacial score (nSPS) is 18.0. The average molecular weight is 473 g/mol. The van der Waals surface area contributed by atoms with E-state index in [1.165, 1.54) is 30.3 Å². The lowest BCUT2D eigenvalue weighted by atomic mass is 9.91. The molecule has 2 aromatic rings. The largest absolute Gasteiger partial charge is 0.441 e. The fraction of sp³-hybridized carbons (Fsp3) is 0.375. The van der Waals surface area contributed by atoms with Gasteiger partial charge < -0.3 is 4.74 Å². The summed E-state index contributed by atoms with van der Waals surface area (Å²) in [6.07, 6.45) is -2.27. The van der Waals surface area contributed by atoms with Gasteiger partial charge in [0.2, 0.25) is 6.08 Å². The van der Waals surface area contributed by atoms with Crippen LogP contribution in [0.2, 0.25) is 0 Å². The molecular weight excluding hydrogens is 451 g/mol. The minimum absolute atomic E-state index is 0.257. The second-order valence-electron chi connectivity index (χ2n) is 8.58. The molecule has 0 aromatic heterocycles. The molecule has 0 atom stereocenters. The Balaban J connectivity index is 1.31. The van der Waals surface area contributed by atoms with Crippen molar-refractivity contribution in [3.63, 3.8) is 0 Å². The molecule has 2 fully saturated rings. The maximum atomic E-state index is 12.7. The van der Waals surface area contributed by atoms with E-state index >= 15 is 0 Å². The molecule has 10 heteroatoms. The Bertz CT molecular complexity index is 1100. The monoisotopic (exact) mass is 473 g/mol. The van der Waals surface area contributed by atoms with Gasteiger partial charge in [0, 0.05) is 44.6 Å². The van der Waals surface area contributed by atoms with Crippen LogP contribution in [0.1, 0.15) is 39.9 Å². The van der Waals surface area contributed by atoms with Gasteiger partial charge in [-0.05, 0) is 35.4 Å². The first-order valence-electron chi connectivity index (χ1n) is 10.8. The molecule has 2 amide bonds. The lowest BCUT2D eigenvalue weighted by molar-refractivity contribution is -0.137. The summed E-state index contributed by atoms with van der Waals surface area (Å²) in [5.41, 5.74) is 0.619. The highest BCUT2D eigenvalue weighted by Gasteiger charge is 2.46. The average Bonchev–Trinajstić information content (AvgIpc) is 3.10. The molecule has 0 aliphatic carbocycles. The number of carbonyl (C=O) groups excluding carboxylic acids is 3. The number of amides is 2. The summed E-state index contributed by atoms with van der Waals surface area (Å²) in [6.45, 7) is 2.62. The van der Waals surface area contributed by atoms with E-state index in [9.17, 15) is 27.6 Å². The van der Waals surface area contributed by atoms with E-state index in [-0.39, 0.29) is 5.56 Å². The van der Waals surface area contributed by atoms with Crippen LogP contribution < -0.4 is 0 Å². The maximum absolute atomic E-state index is 12.7. The number of alkyl halides is 3. The number of piperidine rings is 1. The molecule has 0 bridgehead atoms. The minimum Gasteiger partial charge on any atom is -0.441 e.